The summed E-state index contributed by atoms with van der Waals surface area (Å²) in [4.78, 5) is 11.4. The van der Waals surface area contributed by atoms with Gasteiger partial charge in [-0.1, -0.05) is 45.4 Å². The molecule has 13 heavy (non-hydrogen) atoms. The van der Waals surface area contributed by atoms with Gasteiger partial charge in [-0.05, 0) is 12.3 Å². The summed E-state index contributed by atoms with van der Waals surface area (Å²) in [6, 6.07) is 0. The van der Waals surface area contributed by atoms with Crippen LogP contribution in [0.2, 0.25) is 0 Å². The summed E-state index contributed by atoms with van der Waals surface area (Å²) in [5.41, 5.74) is 0. The first kappa shape index (κ1) is 10.7. The lowest BCUT2D eigenvalue weighted by molar-refractivity contribution is -0.120. The van der Waals surface area contributed by atoms with Gasteiger partial charge in [-0.25, -0.2) is 0 Å². The van der Waals surface area contributed by atoms with Gasteiger partial charge < -0.3 is 0 Å². The molecule has 1 aliphatic carbocycles. The van der Waals surface area contributed by atoms with Crippen LogP contribution in [0.3, 0.4) is 0 Å². The first-order valence-corrected chi connectivity index (χ1v) is 5.81. The topological polar surface area (TPSA) is 17.1 Å². The highest BCUT2D eigenvalue weighted by Gasteiger charge is 2.09. The SMILES string of the molecule is C[C@@H]1CCCCCCCCC(=O)C1. The second-order valence-electron chi connectivity index (χ2n) is 4.51. The van der Waals surface area contributed by atoms with Crippen molar-refractivity contribution in [2.45, 2.75) is 64.7 Å². The molecule has 0 spiro atoms. The Kier molecular flexibility index (Phi) is 5.10. The van der Waals surface area contributed by atoms with E-state index in [1.54, 1.807) is 0 Å². The van der Waals surface area contributed by atoms with E-state index in [2.05, 4.69) is 6.92 Å². The van der Waals surface area contributed by atoms with Gasteiger partial charge in [-0.3, -0.25) is 4.79 Å². The van der Waals surface area contributed by atoms with E-state index in [0.717, 1.165) is 19.3 Å². The maximum Gasteiger partial charge on any atom is 0.133 e. The van der Waals surface area contributed by atoms with Crippen LogP contribution in [0.15, 0.2) is 0 Å². The molecule has 0 amide bonds. The van der Waals surface area contributed by atoms with Crippen LogP contribution in [-0.4, -0.2) is 5.78 Å². The van der Waals surface area contributed by atoms with E-state index in [0.29, 0.717) is 11.7 Å². The molecule has 0 saturated heterocycles. The van der Waals surface area contributed by atoms with Crippen LogP contribution >= 0.6 is 0 Å². The fraction of sp³-hybridized carbons (Fsp3) is 0.917. The summed E-state index contributed by atoms with van der Waals surface area (Å²) in [6.45, 7) is 2.22. The van der Waals surface area contributed by atoms with Crippen LogP contribution in [0, 0.1) is 5.92 Å². The molecule has 0 unspecified atom stereocenters. The fourth-order valence-corrected chi connectivity index (χ4v) is 2.11. The zero-order chi connectivity index (χ0) is 9.52. The summed E-state index contributed by atoms with van der Waals surface area (Å²) in [7, 11) is 0. The molecule has 1 rings (SSSR count). The number of hydrogen-bond acceptors (Lipinski definition) is 1. The minimum absolute atomic E-state index is 0.495. The largest absolute Gasteiger partial charge is 0.300 e. The predicted octanol–water partition coefficient (Wildman–Crippen LogP) is 3.72. The van der Waals surface area contributed by atoms with Crippen LogP contribution in [0.4, 0.5) is 0 Å². The van der Waals surface area contributed by atoms with Crippen molar-refractivity contribution in [1.82, 2.24) is 0 Å². The summed E-state index contributed by atoms with van der Waals surface area (Å²) < 4.78 is 0. The molecule has 0 radical (unpaired) electrons. The lowest BCUT2D eigenvalue weighted by Crippen LogP contribution is -2.04. The molecule has 1 aliphatic rings. The Hall–Kier alpha value is -0.330. The Morgan fingerprint density at radius 3 is 2.38 bits per heavy atom. The summed E-state index contributed by atoms with van der Waals surface area (Å²) in [5.74, 6) is 1.12. The zero-order valence-electron chi connectivity index (χ0n) is 8.85. The van der Waals surface area contributed by atoms with Crippen LogP contribution in [0.5, 0.6) is 0 Å². The normalized spacial score (nSPS) is 28.1. The summed E-state index contributed by atoms with van der Waals surface area (Å²) >= 11 is 0. The molecule has 1 saturated carbocycles. The Morgan fingerprint density at radius 1 is 1.00 bits per heavy atom. The third-order valence-electron chi connectivity index (χ3n) is 2.98. The molecule has 1 heteroatoms. The van der Waals surface area contributed by atoms with Crippen molar-refractivity contribution in [3.8, 4) is 0 Å². The lowest BCUT2D eigenvalue weighted by Gasteiger charge is -2.08. The Balaban J connectivity index is 2.29. The molecule has 0 aromatic rings. The van der Waals surface area contributed by atoms with Crippen molar-refractivity contribution < 1.29 is 4.79 Å². The molecule has 1 fully saturated rings. The molecular weight excluding hydrogens is 160 g/mol. The molecule has 76 valence electrons. The van der Waals surface area contributed by atoms with Gasteiger partial charge in [0, 0.05) is 12.8 Å². The number of carbonyl (C=O) groups excluding carboxylic acids is 1. The monoisotopic (exact) mass is 182 g/mol. The van der Waals surface area contributed by atoms with Crippen molar-refractivity contribution in [3.05, 3.63) is 0 Å². The molecule has 1 atom stereocenters. The maximum absolute atomic E-state index is 11.4. The van der Waals surface area contributed by atoms with Crippen LogP contribution in [0.25, 0.3) is 0 Å². The molecule has 0 N–H and O–H groups in total. The lowest BCUT2D eigenvalue weighted by atomic mass is 9.97. The van der Waals surface area contributed by atoms with E-state index in [4.69, 9.17) is 0 Å². The maximum atomic E-state index is 11.4. The third kappa shape index (κ3) is 5.07. The van der Waals surface area contributed by atoms with Crippen molar-refractivity contribution in [2.24, 2.45) is 5.92 Å². The molecule has 0 aromatic heterocycles. The molecule has 0 bridgehead atoms. The second-order valence-corrected chi connectivity index (χ2v) is 4.51. The van der Waals surface area contributed by atoms with Crippen molar-refractivity contribution >= 4 is 5.78 Å². The highest BCUT2D eigenvalue weighted by molar-refractivity contribution is 5.78. The highest BCUT2D eigenvalue weighted by Crippen LogP contribution is 2.18. The van der Waals surface area contributed by atoms with E-state index in [1.165, 1.54) is 38.5 Å². The van der Waals surface area contributed by atoms with Gasteiger partial charge in [0.15, 0.2) is 0 Å². The number of carbonyl (C=O) groups is 1. The van der Waals surface area contributed by atoms with E-state index in [1.807, 2.05) is 0 Å². The number of ketones is 1. The average Bonchev–Trinajstić information content (AvgIpc) is 2.11. The van der Waals surface area contributed by atoms with E-state index < -0.39 is 0 Å². The van der Waals surface area contributed by atoms with Gasteiger partial charge in [-0.15, -0.1) is 0 Å². The van der Waals surface area contributed by atoms with Crippen LogP contribution in [-0.2, 0) is 4.79 Å². The van der Waals surface area contributed by atoms with E-state index >= 15 is 0 Å². The zero-order valence-corrected chi connectivity index (χ0v) is 8.85. The van der Waals surface area contributed by atoms with Crippen molar-refractivity contribution in [1.29, 1.82) is 0 Å². The van der Waals surface area contributed by atoms with Crippen molar-refractivity contribution in [3.63, 3.8) is 0 Å². The van der Waals surface area contributed by atoms with E-state index in [9.17, 15) is 4.79 Å². The fourth-order valence-electron chi connectivity index (χ4n) is 2.11. The molecular formula is C12H22O. The predicted molar refractivity (Wildman–Crippen MR) is 55.7 cm³/mol. The molecule has 0 aliphatic heterocycles. The first-order chi connectivity index (χ1) is 6.29. The van der Waals surface area contributed by atoms with Gasteiger partial charge in [-0.2, -0.15) is 0 Å². The van der Waals surface area contributed by atoms with Gasteiger partial charge in [0.05, 0.1) is 0 Å². The second kappa shape index (κ2) is 6.17. The van der Waals surface area contributed by atoms with Gasteiger partial charge in [0.2, 0.25) is 0 Å². The Bertz CT molecular complexity index is 151. The Morgan fingerprint density at radius 2 is 1.62 bits per heavy atom. The summed E-state index contributed by atoms with van der Waals surface area (Å²) in [6.07, 6.45) is 10.7. The third-order valence-corrected chi connectivity index (χ3v) is 2.98. The van der Waals surface area contributed by atoms with Crippen molar-refractivity contribution in [2.75, 3.05) is 0 Å². The number of rotatable bonds is 0. The minimum atomic E-state index is 0.495. The quantitative estimate of drug-likeness (QED) is 0.558. The van der Waals surface area contributed by atoms with Crippen LogP contribution < -0.4 is 0 Å². The molecule has 0 heterocycles. The van der Waals surface area contributed by atoms with Gasteiger partial charge in [0.25, 0.3) is 0 Å². The molecule has 0 aromatic carbocycles. The first-order valence-electron chi connectivity index (χ1n) is 5.81. The summed E-state index contributed by atoms with van der Waals surface area (Å²) in [5, 5.41) is 0. The van der Waals surface area contributed by atoms with E-state index in [-0.39, 0.29) is 0 Å². The van der Waals surface area contributed by atoms with Crippen LogP contribution in [0.1, 0.15) is 64.7 Å². The molecule has 1 nitrogen and oxygen atoms in total. The number of hydrogen-bond donors (Lipinski definition) is 0. The smallest absolute Gasteiger partial charge is 0.133 e. The Labute approximate surface area is 81.9 Å². The van der Waals surface area contributed by atoms with Gasteiger partial charge in [0.1, 0.15) is 5.78 Å². The minimum Gasteiger partial charge on any atom is -0.300 e. The standard InChI is InChI=1S/C12H22O/c1-11-8-6-4-2-3-5-7-9-12(13)10-11/h11H,2-10H2,1H3/t11-/m1/s1. The number of Topliss-reactive ketones (excluding diaryl/α,β-unsaturated/α-hetero) is 1. The highest BCUT2D eigenvalue weighted by atomic mass is 16.1. The van der Waals surface area contributed by atoms with Gasteiger partial charge >= 0.3 is 0 Å². The average molecular weight is 182 g/mol.